The van der Waals surface area contributed by atoms with Crippen molar-refractivity contribution in [2.45, 2.75) is 50.9 Å². The number of alkyl halides is 3. The number of piperidine rings is 1. The Labute approximate surface area is 214 Å². The molecule has 3 aliphatic heterocycles. The molecular formula is C24H30F3N5O4S. The molecule has 0 unspecified atom stereocenters. The average Bonchev–Trinajstić information content (AvgIpc) is 3.57. The highest BCUT2D eigenvalue weighted by atomic mass is 32.2. The van der Waals surface area contributed by atoms with Crippen LogP contribution in [0.2, 0.25) is 0 Å². The number of nitrogens with zero attached hydrogens (tertiary/aromatic N) is 4. The van der Waals surface area contributed by atoms with Gasteiger partial charge in [0.2, 0.25) is 11.8 Å². The van der Waals surface area contributed by atoms with Crippen molar-refractivity contribution in [2.24, 2.45) is 11.8 Å². The number of likely N-dealkylation sites (tertiary alicyclic amines) is 1. The molecule has 0 radical (unpaired) electrons. The Morgan fingerprint density at radius 1 is 1.00 bits per heavy atom. The highest BCUT2D eigenvalue weighted by molar-refractivity contribution is 7.86. The molecule has 0 spiro atoms. The van der Waals surface area contributed by atoms with Gasteiger partial charge in [-0.25, -0.2) is 0 Å². The van der Waals surface area contributed by atoms with Gasteiger partial charge in [0.1, 0.15) is 6.04 Å². The summed E-state index contributed by atoms with van der Waals surface area (Å²) in [6.45, 7) is 1.19. The van der Waals surface area contributed by atoms with Gasteiger partial charge in [-0.2, -0.15) is 35.5 Å². The molecule has 2 amide bonds. The lowest BCUT2D eigenvalue weighted by molar-refractivity contribution is -0.142. The van der Waals surface area contributed by atoms with Crippen molar-refractivity contribution in [3.05, 3.63) is 35.4 Å². The second kappa shape index (κ2) is 11.0. The summed E-state index contributed by atoms with van der Waals surface area (Å²) in [6, 6.07) is 5.92. The summed E-state index contributed by atoms with van der Waals surface area (Å²) < 4.78 is 67.1. The van der Waals surface area contributed by atoms with Crippen molar-refractivity contribution in [1.82, 2.24) is 18.8 Å². The number of nitrogens with one attached hydrogen (secondary N) is 1. The highest BCUT2D eigenvalue weighted by Gasteiger charge is 2.42. The third-order valence-electron chi connectivity index (χ3n) is 7.31. The van der Waals surface area contributed by atoms with Gasteiger partial charge in [-0.15, -0.1) is 0 Å². The summed E-state index contributed by atoms with van der Waals surface area (Å²) in [5.74, 6) is -1.54. The van der Waals surface area contributed by atoms with Crippen molar-refractivity contribution in [3.63, 3.8) is 0 Å². The van der Waals surface area contributed by atoms with Crippen LogP contribution < -0.4 is 5.32 Å². The minimum atomic E-state index is -4.44. The molecule has 3 atom stereocenters. The largest absolute Gasteiger partial charge is 0.416 e. The van der Waals surface area contributed by atoms with Crippen LogP contribution >= 0.6 is 0 Å². The third kappa shape index (κ3) is 6.08. The predicted octanol–water partition coefficient (Wildman–Crippen LogP) is 2.11. The van der Waals surface area contributed by atoms with Gasteiger partial charge in [0.05, 0.1) is 23.5 Å². The van der Waals surface area contributed by atoms with Crippen LogP contribution in [0.1, 0.15) is 43.2 Å². The zero-order chi connectivity index (χ0) is 26.8. The number of amides is 2. The van der Waals surface area contributed by atoms with E-state index in [0.717, 1.165) is 12.1 Å². The van der Waals surface area contributed by atoms with Crippen LogP contribution in [-0.2, 0) is 32.5 Å². The minimum Gasteiger partial charge on any atom is -0.350 e. The molecule has 202 valence electrons. The van der Waals surface area contributed by atoms with E-state index in [0.29, 0.717) is 50.8 Å². The van der Waals surface area contributed by atoms with E-state index in [1.807, 2.05) is 0 Å². The van der Waals surface area contributed by atoms with Crippen LogP contribution in [0.25, 0.3) is 0 Å². The van der Waals surface area contributed by atoms with Gasteiger partial charge in [0, 0.05) is 39.3 Å². The average molecular weight is 542 g/mol. The second-order valence-corrected chi connectivity index (χ2v) is 11.7. The summed E-state index contributed by atoms with van der Waals surface area (Å²) >= 11 is 0. The molecule has 0 bridgehead atoms. The summed E-state index contributed by atoms with van der Waals surface area (Å²) in [7, 11) is -3.78. The molecule has 13 heteroatoms. The number of carbonyl (C=O) groups is 2. The summed E-state index contributed by atoms with van der Waals surface area (Å²) in [5.41, 5.74) is -0.265. The van der Waals surface area contributed by atoms with Gasteiger partial charge in [-0.1, -0.05) is 12.1 Å². The number of benzene rings is 1. The van der Waals surface area contributed by atoms with Gasteiger partial charge in [-0.3, -0.25) is 9.59 Å². The fourth-order valence-electron chi connectivity index (χ4n) is 5.22. The van der Waals surface area contributed by atoms with Crippen molar-refractivity contribution in [2.75, 3.05) is 32.7 Å². The monoisotopic (exact) mass is 541 g/mol. The molecule has 1 N–H and O–H groups in total. The lowest BCUT2D eigenvalue weighted by atomic mass is 9.97. The molecule has 3 saturated heterocycles. The van der Waals surface area contributed by atoms with E-state index < -0.39 is 33.9 Å². The molecule has 1 aromatic carbocycles. The second-order valence-electron chi connectivity index (χ2n) is 9.78. The number of nitriles is 1. The maximum absolute atomic E-state index is 13.4. The van der Waals surface area contributed by atoms with Crippen molar-refractivity contribution < 1.29 is 31.2 Å². The maximum atomic E-state index is 13.4. The Morgan fingerprint density at radius 2 is 1.68 bits per heavy atom. The van der Waals surface area contributed by atoms with Gasteiger partial charge in [-0.05, 0) is 49.8 Å². The fraction of sp³-hybridized carbons (Fsp3) is 0.625. The molecule has 3 aliphatic rings. The maximum Gasteiger partial charge on any atom is 0.416 e. The van der Waals surface area contributed by atoms with Gasteiger partial charge in [0.25, 0.3) is 10.2 Å². The lowest BCUT2D eigenvalue weighted by Gasteiger charge is -2.36. The van der Waals surface area contributed by atoms with E-state index in [1.165, 1.54) is 25.6 Å². The lowest BCUT2D eigenvalue weighted by Crippen LogP contribution is -2.53. The van der Waals surface area contributed by atoms with E-state index in [2.05, 4.69) is 11.4 Å². The first kappa shape index (κ1) is 27.3. The zero-order valence-corrected chi connectivity index (χ0v) is 21.1. The topological polar surface area (TPSA) is 114 Å². The molecule has 1 aromatic rings. The van der Waals surface area contributed by atoms with Gasteiger partial charge < -0.3 is 10.2 Å². The van der Waals surface area contributed by atoms with Crippen molar-refractivity contribution in [1.29, 1.82) is 5.26 Å². The van der Waals surface area contributed by atoms with Crippen molar-refractivity contribution in [3.8, 4) is 6.07 Å². The number of carbonyl (C=O) groups excluding carboxylic acids is 2. The molecule has 3 fully saturated rings. The van der Waals surface area contributed by atoms with Crippen molar-refractivity contribution >= 4 is 22.0 Å². The summed E-state index contributed by atoms with van der Waals surface area (Å²) in [6.07, 6.45) is -1.83. The van der Waals surface area contributed by atoms with Crippen LogP contribution in [0, 0.1) is 23.2 Å². The molecule has 4 rings (SSSR count). The Kier molecular flexibility index (Phi) is 8.11. The minimum absolute atomic E-state index is 0.0322. The highest BCUT2D eigenvalue weighted by Crippen LogP contribution is 2.30. The summed E-state index contributed by atoms with van der Waals surface area (Å²) in [5, 5.41) is 11.8. The van der Waals surface area contributed by atoms with Gasteiger partial charge >= 0.3 is 6.18 Å². The molecule has 0 aromatic heterocycles. The molecule has 0 aliphatic carbocycles. The number of rotatable bonds is 6. The SMILES string of the molecule is N#C[C@@H]1CCN(S(=O)(=O)N2CCC[C@H](C(=O)N3CCC[C@@H]3C(=O)NCc3ccc(C(F)(F)F)cc3)C2)C1. The Bertz CT molecular complexity index is 1150. The fourth-order valence-corrected chi connectivity index (χ4v) is 6.98. The van der Waals surface area contributed by atoms with Crippen LogP contribution in [0.5, 0.6) is 0 Å². The predicted molar refractivity (Wildman–Crippen MR) is 127 cm³/mol. The van der Waals surface area contributed by atoms with E-state index in [-0.39, 0.29) is 43.9 Å². The first-order valence-corrected chi connectivity index (χ1v) is 13.8. The first-order chi connectivity index (χ1) is 17.5. The molecule has 9 nitrogen and oxygen atoms in total. The van der Waals surface area contributed by atoms with E-state index in [9.17, 15) is 31.2 Å². The normalized spacial score (nSPS) is 25.7. The molecule has 37 heavy (non-hydrogen) atoms. The smallest absolute Gasteiger partial charge is 0.350 e. The molecular weight excluding hydrogens is 511 g/mol. The Balaban J connectivity index is 1.35. The number of hydrogen-bond donors (Lipinski definition) is 1. The van der Waals surface area contributed by atoms with E-state index >= 15 is 0 Å². The first-order valence-electron chi connectivity index (χ1n) is 12.4. The molecule has 0 saturated carbocycles. The van der Waals surface area contributed by atoms with E-state index in [4.69, 9.17) is 5.26 Å². The van der Waals surface area contributed by atoms with Crippen LogP contribution in [0.15, 0.2) is 24.3 Å². The van der Waals surface area contributed by atoms with E-state index in [1.54, 1.807) is 0 Å². The van der Waals surface area contributed by atoms with Crippen LogP contribution in [0.4, 0.5) is 13.2 Å². The zero-order valence-electron chi connectivity index (χ0n) is 20.3. The van der Waals surface area contributed by atoms with Crippen LogP contribution in [0.3, 0.4) is 0 Å². The number of halogens is 3. The third-order valence-corrected chi connectivity index (χ3v) is 9.27. The standard InChI is InChI=1S/C24H30F3N5O4S/c25-24(26,27)20-7-5-17(6-8-20)14-29-22(33)21-4-2-11-32(21)23(34)19-3-1-10-30(16-19)37(35,36)31-12-9-18(13-28)15-31/h5-8,18-19,21H,1-4,9-12,14-16H2,(H,29,33)/t18-,19-,21+/m0/s1. The van der Waals surface area contributed by atoms with Gasteiger partial charge in [0.15, 0.2) is 0 Å². The Hall–Kier alpha value is -2.69. The van der Waals surface area contributed by atoms with Crippen LogP contribution in [-0.4, -0.2) is 72.5 Å². The number of hydrogen-bond acceptors (Lipinski definition) is 5. The Morgan fingerprint density at radius 3 is 2.32 bits per heavy atom. The molecule has 3 heterocycles. The quantitative estimate of drug-likeness (QED) is 0.593. The summed E-state index contributed by atoms with van der Waals surface area (Å²) in [4.78, 5) is 27.8.